The van der Waals surface area contributed by atoms with Crippen molar-refractivity contribution < 1.29 is 19.4 Å². The van der Waals surface area contributed by atoms with Gasteiger partial charge in [0.05, 0.1) is 6.07 Å². The van der Waals surface area contributed by atoms with Gasteiger partial charge < -0.3 is 14.7 Å². The summed E-state index contributed by atoms with van der Waals surface area (Å²) < 4.78 is 5.38. The van der Waals surface area contributed by atoms with Crippen molar-refractivity contribution in [1.82, 2.24) is 4.90 Å². The highest BCUT2D eigenvalue weighted by Crippen LogP contribution is 2.69. The van der Waals surface area contributed by atoms with Crippen molar-refractivity contribution >= 4 is 23.5 Å². The predicted molar refractivity (Wildman–Crippen MR) is 92.3 cm³/mol. The summed E-state index contributed by atoms with van der Waals surface area (Å²) in [4.78, 5) is 26.6. The third-order valence-electron chi connectivity index (χ3n) is 6.23. The lowest BCUT2D eigenvalue weighted by atomic mass is 9.84. The molecular weight excluding hydrogens is 356 g/mol. The molecule has 2 fully saturated rings. The molecule has 0 bridgehead atoms. The highest BCUT2D eigenvalue weighted by atomic mass is 35.5. The topological polar surface area (TPSA) is 90.6 Å². The molecule has 2 aliphatic heterocycles. The standard InChI is InChI=1S/C19H19ClN2O4/c20-14-2-1-12-8-15(16(23)24)22(9-13(12)7-14)17(25)19(11-21)10-18(19)3-5-26-6-4-18/h1-2,7,15H,3-6,8-10H2,(H,23,24)/t15-,19?/m0/s1. The number of nitriles is 1. The van der Waals surface area contributed by atoms with Crippen molar-refractivity contribution in [2.75, 3.05) is 13.2 Å². The molecule has 1 N–H and O–H groups in total. The fraction of sp³-hybridized carbons (Fsp3) is 0.526. The van der Waals surface area contributed by atoms with Crippen molar-refractivity contribution in [2.45, 2.75) is 38.3 Å². The smallest absolute Gasteiger partial charge is 0.326 e. The van der Waals surface area contributed by atoms with Gasteiger partial charge in [0, 0.05) is 36.6 Å². The third kappa shape index (κ3) is 2.42. The van der Waals surface area contributed by atoms with E-state index in [1.807, 2.05) is 6.07 Å². The number of carbonyl (C=O) groups excluding carboxylic acids is 1. The van der Waals surface area contributed by atoms with E-state index >= 15 is 0 Å². The van der Waals surface area contributed by atoms with Crippen molar-refractivity contribution in [2.24, 2.45) is 10.8 Å². The second-order valence-electron chi connectivity index (χ2n) is 7.49. The molecule has 2 heterocycles. The van der Waals surface area contributed by atoms with Crippen molar-refractivity contribution in [1.29, 1.82) is 5.26 Å². The lowest BCUT2D eigenvalue weighted by molar-refractivity contribution is -0.154. The summed E-state index contributed by atoms with van der Waals surface area (Å²) in [5, 5.41) is 20.1. The van der Waals surface area contributed by atoms with Crippen molar-refractivity contribution in [3.63, 3.8) is 0 Å². The van der Waals surface area contributed by atoms with E-state index in [2.05, 4.69) is 6.07 Å². The van der Waals surface area contributed by atoms with Gasteiger partial charge in [-0.1, -0.05) is 17.7 Å². The number of halogens is 1. The molecule has 0 radical (unpaired) electrons. The Kier molecular flexibility index (Phi) is 3.98. The van der Waals surface area contributed by atoms with E-state index in [9.17, 15) is 20.0 Å². The number of aliphatic carboxylic acids is 1. The van der Waals surface area contributed by atoms with Crippen LogP contribution in [0.25, 0.3) is 0 Å². The van der Waals surface area contributed by atoms with Crippen LogP contribution in [0, 0.1) is 22.2 Å². The lowest BCUT2D eigenvalue weighted by Crippen LogP contribution is -2.52. The Balaban J connectivity index is 1.68. The number of hydrogen-bond acceptors (Lipinski definition) is 4. The van der Waals surface area contributed by atoms with Gasteiger partial charge in [-0.2, -0.15) is 5.26 Å². The molecule has 136 valence electrons. The maximum absolute atomic E-state index is 13.4. The van der Waals surface area contributed by atoms with E-state index in [0.717, 1.165) is 11.1 Å². The van der Waals surface area contributed by atoms with Crippen LogP contribution in [0.15, 0.2) is 18.2 Å². The summed E-state index contributed by atoms with van der Waals surface area (Å²) in [6.45, 7) is 1.25. The van der Waals surface area contributed by atoms with Gasteiger partial charge in [-0.05, 0) is 42.5 Å². The molecule has 4 rings (SSSR count). The molecule has 1 saturated carbocycles. The Labute approximate surface area is 156 Å². The molecule has 1 unspecified atom stereocenters. The zero-order valence-electron chi connectivity index (χ0n) is 14.2. The van der Waals surface area contributed by atoms with Gasteiger partial charge in [0.25, 0.3) is 0 Å². The summed E-state index contributed by atoms with van der Waals surface area (Å²) in [6, 6.07) is 6.59. The Bertz CT molecular complexity index is 827. The van der Waals surface area contributed by atoms with E-state index in [0.29, 0.717) is 37.5 Å². The average molecular weight is 375 g/mol. The molecule has 2 atom stereocenters. The van der Waals surface area contributed by atoms with Crippen LogP contribution in [0.3, 0.4) is 0 Å². The molecule has 0 aromatic heterocycles. The normalized spacial score (nSPS) is 28.9. The molecule has 1 amide bonds. The summed E-state index contributed by atoms with van der Waals surface area (Å²) in [5.74, 6) is -1.41. The van der Waals surface area contributed by atoms with E-state index in [4.69, 9.17) is 16.3 Å². The van der Waals surface area contributed by atoms with Gasteiger partial charge in [-0.15, -0.1) is 0 Å². The number of carboxylic acids is 1. The first-order chi connectivity index (χ1) is 12.4. The summed E-state index contributed by atoms with van der Waals surface area (Å²) in [7, 11) is 0. The average Bonchev–Trinajstić information content (AvgIpc) is 3.27. The van der Waals surface area contributed by atoms with Crippen molar-refractivity contribution in [3.8, 4) is 6.07 Å². The van der Waals surface area contributed by atoms with Crippen LogP contribution >= 0.6 is 11.6 Å². The monoisotopic (exact) mass is 374 g/mol. The number of carbonyl (C=O) groups is 2. The van der Waals surface area contributed by atoms with Crippen LogP contribution < -0.4 is 0 Å². The van der Waals surface area contributed by atoms with Crippen LogP contribution in [0.1, 0.15) is 30.4 Å². The maximum atomic E-state index is 13.4. The van der Waals surface area contributed by atoms with E-state index in [-0.39, 0.29) is 24.3 Å². The molecule has 26 heavy (non-hydrogen) atoms. The third-order valence-corrected chi connectivity index (χ3v) is 6.47. The minimum absolute atomic E-state index is 0.168. The molecule has 7 heteroatoms. The number of carboxylic acid groups (broad SMARTS) is 1. The number of rotatable bonds is 2. The van der Waals surface area contributed by atoms with Crippen LogP contribution in [0.5, 0.6) is 0 Å². The van der Waals surface area contributed by atoms with Gasteiger partial charge in [0.2, 0.25) is 5.91 Å². The largest absolute Gasteiger partial charge is 0.480 e. The maximum Gasteiger partial charge on any atom is 0.326 e. The molecule has 3 aliphatic rings. The molecule has 1 aromatic rings. The first-order valence-electron chi connectivity index (χ1n) is 8.73. The predicted octanol–water partition coefficient (Wildman–Crippen LogP) is 2.39. The second-order valence-corrected chi connectivity index (χ2v) is 7.93. The van der Waals surface area contributed by atoms with Gasteiger partial charge in [-0.3, -0.25) is 4.79 Å². The van der Waals surface area contributed by atoms with Crippen LogP contribution in [-0.4, -0.2) is 41.1 Å². The molecule has 1 spiro atoms. The fourth-order valence-corrected chi connectivity index (χ4v) is 4.76. The van der Waals surface area contributed by atoms with E-state index in [1.54, 1.807) is 12.1 Å². The van der Waals surface area contributed by atoms with Gasteiger partial charge >= 0.3 is 5.97 Å². The van der Waals surface area contributed by atoms with Crippen LogP contribution in [-0.2, 0) is 27.3 Å². The van der Waals surface area contributed by atoms with E-state index < -0.39 is 17.4 Å². The number of benzene rings is 1. The molecular formula is C19H19ClN2O4. The van der Waals surface area contributed by atoms with Crippen molar-refractivity contribution in [3.05, 3.63) is 34.3 Å². The number of hydrogen-bond donors (Lipinski definition) is 1. The SMILES string of the molecule is N#CC1(C(=O)N2Cc3cc(Cl)ccc3C[C@H]2C(=O)O)CC12CCOCC2. The number of fused-ring (bicyclic) bond motifs is 1. The van der Waals surface area contributed by atoms with Crippen LogP contribution in [0.4, 0.5) is 0 Å². The first-order valence-corrected chi connectivity index (χ1v) is 9.10. The highest BCUT2D eigenvalue weighted by molar-refractivity contribution is 6.30. The quantitative estimate of drug-likeness (QED) is 0.858. The van der Waals surface area contributed by atoms with Gasteiger partial charge in [0.15, 0.2) is 0 Å². The Hall–Kier alpha value is -2.10. The van der Waals surface area contributed by atoms with Gasteiger partial charge in [-0.25, -0.2) is 4.79 Å². The van der Waals surface area contributed by atoms with Gasteiger partial charge in [0.1, 0.15) is 11.5 Å². The molecule has 6 nitrogen and oxygen atoms in total. The Morgan fingerprint density at radius 3 is 2.69 bits per heavy atom. The summed E-state index contributed by atoms with van der Waals surface area (Å²) in [6.07, 6.45) is 2.05. The minimum Gasteiger partial charge on any atom is -0.480 e. The van der Waals surface area contributed by atoms with E-state index in [1.165, 1.54) is 4.90 Å². The summed E-state index contributed by atoms with van der Waals surface area (Å²) >= 11 is 6.06. The number of ether oxygens (including phenoxy) is 1. The minimum atomic E-state index is -1.12. The molecule has 1 saturated heterocycles. The first kappa shape index (κ1) is 17.3. The molecule has 1 aliphatic carbocycles. The second kappa shape index (κ2) is 5.97. The molecule has 1 aromatic carbocycles. The fourth-order valence-electron chi connectivity index (χ4n) is 4.57. The number of nitrogens with zero attached hydrogens (tertiary/aromatic N) is 2. The zero-order chi connectivity index (χ0) is 18.5. The highest BCUT2D eigenvalue weighted by Gasteiger charge is 2.73. The Morgan fingerprint density at radius 1 is 1.31 bits per heavy atom. The zero-order valence-corrected chi connectivity index (χ0v) is 15.0. The Morgan fingerprint density at radius 2 is 2.04 bits per heavy atom. The van der Waals surface area contributed by atoms with Crippen LogP contribution in [0.2, 0.25) is 5.02 Å². The summed E-state index contributed by atoms with van der Waals surface area (Å²) in [5.41, 5.74) is 0.238. The lowest BCUT2D eigenvalue weighted by Gasteiger charge is -2.37. The number of amides is 1.